The Morgan fingerprint density at radius 3 is 2.38 bits per heavy atom. The smallest absolute Gasteiger partial charge is 0.303 e. The number of fused-ring (bicyclic) bond motifs is 4. The van der Waals surface area contributed by atoms with Crippen LogP contribution in [0.2, 0.25) is 0 Å². The first-order valence-electron chi connectivity index (χ1n) is 17.4. The van der Waals surface area contributed by atoms with E-state index in [0.717, 1.165) is 44.9 Å². The summed E-state index contributed by atoms with van der Waals surface area (Å²) < 4.78 is 24.1. The topological polar surface area (TPSA) is 129 Å². The number of ether oxygens (including phenoxy) is 4. The van der Waals surface area contributed by atoms with Crippen LogP contribution in [0.5, 0.6) is 0 Å². The van der Waals surface area contributed by atoms with Crippen molar-refractivity contribution in [1.82, 2.24) is 0 Å². The molecule has 0 unspecified atom stereocenters. The summed E-state index contributed by atoms with van der Waals surface area (Å²) in [5, 5.41) is 20.8. The van der Waals surface area contributed by atoms with Gasteiger partial charge in [-0.05, 0) is 105 Å². The van der Waals surface area contributed by atoms with E-state index < -0.39 is 41.6 Å². The maximum atomic E-state index is 14.9. The molecule has 2 spiro atoms. The fourth-order valence-corrected chi connectivity index (χ4v) is 12.8. The second kappa shape index (κ2) is 10.8. The van der Waals surface area contributed by atoms with Crippen molar-refractivity contribution in [2.75, 3.05) is 13.2 Å². The van der Waals surface area contributed by atoms with Crippen molar-refractivity contribution in [2.24, 2.45) is 50.7 Å². The molecule has 9 heteroatoms. The Labute approximate surface area is 268 Å². The fraction of sp³-hybridized carbons (Fsp3) is 0.917. The summed E-state index contributed by atoms with van der Waals surface area (Å²) >= 11 is 0. The van der Waals surface area contributed by atoms with Crippen molar-refractivity contribution in [3.8, 4) is 0 Å². The van der Waals surface area contributed by atoms with E-state index in [0.29, 0.717) is 18.6 Å². The zero-order valence-electron chi connectivity index (χ0n) is 28.6. The van der Waals surface area contributed by atoms with Gasteiger partial charge in [0.1, 0.15) is 19.0 Å². The standard InChI is InChI=1S/C36H56O9/c1-20-17-22(30(32(5,6)41)43-21(2)39)44-28-27(20)33(7)13-14-36-19-35(36)12-11-25(45-26(18-38)42-16-15-37)31(3,4)23(35)9-10-24(36)34(33,8)29(28)40/h15,20,22-28,30,38,41H,9-14,16-19H2,1-8H3/t20-,22-,23+,24+,25+,26+,27+,28+,30+,33-,34-,35-,36+/m1/s1. The van der Waals surface area contributed by atoms with Crippen LogP contribution >= 0.6 is 0 Å². The molecule has 254 valence electrons. The highest BCUT2D eigenvalue weighted by atomic mass is 16.7. The van der Waals surface area contributed by atoms with Gasteiger partial charge in [-0.15, -0.1) is 0 Å². The van der Waals surface area contributed by atoms with Crippen molar-refractivity contribution < 1.29 is 43.5 Å². The van der Waals surface area contributed by atoms with Crippen molar-refractivity contribution in [3.63, 3.8) is 0 Å². The van der Waals surface area contributed by atoms with E-state index in [9.17, 15) is 24.6 Å². The first-order valence-corrected chi connectivity index (χ1v) is 17.4. The van der Waals surface area contributed by atoms with Crippen LogP contribution < -0.4 is 0 Å². The Bertz CT molecular complexity index is 1210. The van der Waals surface area contributed by atoms with Crippen LogP contribution in [-0.4, -0.2) is 77.8 Å². The van der Waals surface area contributed by atoms with Gasteiger partial charge in [-0.2, -0.15) is 0 Å². The molecule has 0 bridgehead atoms. The zero-order chi connectivity index (χ0) is 33.0. The number of carbonyl (C=O) groups excluding carboxylic acids is 3. The van der Waals surface area contributed by atoms with Gasteiger partial charge in [-0.1, -0.05) is 34.6 Å². The van der Waals surface area contributed by atoms with Crippen molar-refractivity contribution >= 4 is 18.0 Å². The summed E-state index contributed by atoms with van der Waals surface area (Å²) in [6.45, 7) is 15.7. The molecule has 9 nitrogen and oxygen atoms in total. The summed E-state index contributed by atoms with van der Waals surface area (Å²) in [5.74, 6) is 0.720. The van der Waals surface area contributed by atoms with Gasteiger partial charge in [-0.3, -0.25) is 9.59 Å². The quantitative estimate of drug-likeness (QED) is 0.212. The van der Waals surface area contributed by atoms with Crippen molar-refractivity contribution in [2.45, 2.75) is 143 Å². The molecule has 0 aromatic carbocycles. The minimum Gasteiger partial charge on any atom is -0.457 e. The Balaban J connectivity index is 1.27. The molecule has 13 atom stereocenters. The lowest BCUT2D eigenvalue weighted by Crippen LogP contribution is -2.59. The third-order valence-electron chi connectivity index (χ3n) is 14.6. The lowest BCUT2D eigenvalue weighted by molar-refractivity contribution is -0.237. The third kappa shape index (κ3) is 4.53. The molecule has 0 amide bonds. The van der Waals surface area contributed by atoms with Crippen LogP contribution in [-0.2, 0) is 33.3 Å². The lowest BCUT2D eigenvalue weighted by Gasteiger charge is -2.62. The lowest BCUT2D eigenvalue weighted by atomic mass is 9.41. The molecule has 1 saturated heterocycles. The maximum absolute atomic E-state index is 14.9. The monoisotopic (exact) mass is 632 g/mol. The highest BCUT2D eigenvalue weighted by Gasteiger charge is 2.85. The number of hydrogen-bond donors (Lipinski definition) is 2. The first kappa shape index (κ1) is 33.5. The average Bonchev–Trinajstić information content (AvgIpc) is 3.59. The number of carbonyl (C=O) groups is 3. The molecule has 45 heavy (non-hydrogen) atoms. The zero-order valence-corrected chi connectivity index (χ0v) is 28.6. The summed E-state index contributed by atoms with van der Waals surface area (Å²) in [7, 11) is 0. The molecular weight excluding hydrogens is 576 g/mol. The maximum Gasteiger partial charge on any atom is 0.303 e. The number of aliphatic hydroxyl groups excluding tert-OH is 1. The van der Waals surface area contributed by atoms with E-state index in [1.807, 2.05) is 0 Å². The summed E-state index contributed by atoms with van der Waals surface area (Å²) in [4.78, 5) is 37.8. The number of Topliss-reactive ketones (excluding diaryl/α,β-unsaturated/α-hetero) is 1. The molecule has 5 aliphatic carbocycles. The Kier molecular flexibility index (Phi) is 8.05. The Morgan fingerprint density at radius 2 is 1.76 bits per heavy atom. The van der Waals surface area contributed by atoms with Gasteiger partial charge in [0.15, 0.2) is 18.2 Å². The SMILES string of the molecule is CC(=O)O[C@@H]([C@H]1C[C@@H](C)[C@H]2[C@H](O1)C(=O)[C@@]1(C)[C@@H]3CC[C@H]4C(C)(C)[C@@H](O[C@@H](CO)OCC=O)CC[C@@]45C[C@@]35CC[C@]21C)C(C)(C)O. The molecule has 0 radical (unpaired) electrons. The summed E-state index contributed by atoms with van der Waals surface area (Å²) in [6, 6.07) is 0. The highest BCUT2D eigenvalue weighted by Crippen LogP contribution is 2.89. The van der Waals surface area contributed by atoms with Crippen LogP contribution in [0.25, 0.3) is 0 Å². The molecule has 6 rings (SSSR count). The van der Waals surface area contributed by atoms with E-state index in [2.05, 4.69) is 34.6 Å². The minimum atomic E-state index is -1.30. The molecule has 0 aromatic heterocycles. The van der Waals surface area contributed by atoms with E-state index in [-0.39, 0.29) is 64.5 Å². The van der Waals surface area contributed by atoms with Gasteiger partial charge < -0.3 is 34.0 Å². The van der Waals surface area contributed by atoms with Gasteiger partial charge in [0, 0.05) is 18.3 Å². The molecule has 1 heterocycles. The van der Waals surface area contributed by atoms with E-state index in [4.69, 9.17) is 18.9 Å². The van der Waals surface area contributed by atoms with Crippen LogP contribution in [0.3, 0.4) is 0 Å². The van der Waals surface area contributed by atoms with Crippen LogP contribution in [0.15, 0.2) is 0 Å². The normalized spacial score (nSPS) is 47.7. The second-order valence-corrected chi connectivity index (χ2v) is 17.3. The minimum absolute atomic E-state index is 0.0816. The fourth-order valence-electron chi connectivity index (χ4n) is 12.8. The number of esters is 1. The molecule has 1 aliphatic heterocycles. The number of aliphatic hydroxyl groups is 2. The predicted molar refractivity (Wildman–Crippen MR) is 165 cm³/mol. The first-order chi connectivity index (χ1) is 20.9. The number of hydrogen-bond acceptors (Lipinski definition) is 9. The predicted octanol–water partition coefficient (Wildman–Crippen LogP) is 4.63. The van der Waals surface area contributed by atoms with Gasteiger partial charge in [0.25, 0.3) is 0 Å². The number of rotatable bonds is 9. The highest BCUT2D eigenvalue weighted by molar-refractivity contribution is 5.93. The van der Waals surface area contributed by atoms with Crippen molar-refractivity contribution in [3.05, 3.63) is 0 Å². The van der Waals surface area contributed by atoms with E-state index in [1.165, 1.54) is 6.92 Å². The molecule has 6 aliphatic rings. The average molecular weight is 633 g/mol. The summed E-state index contributed by atoms with van der Waals surface area (Å²) in [5.41, 5.74) is -1.87. The van der Waals surface area contributed by atoms with Gasteiger partial charge in [-0.25, -0.2) is 0 Å². The van der Waals surface area contributed by atoms with Crippen LogP contribution in [0, 0.1) is 50.7 Å². The second-order valence-electron chi connectivity index (χ2n) is 17.3. The molecule has 2 N–H and O–H groups in total. The van der Waals surface area contributed by atoms with Gasteiger partial charge >= 0.3 is 5.97 Å². The number of ketones is 1. The van der Waals surface area contributed by atoms with Gasteiger partial charge in [0.2, 0.25) is 0 Å². The largest absolute Gasteiger partial charge is 0.457 e. The van der Waals surface area contributed by atoms with Crippen LogP contribution in [0.4, 0.5) is 0 Å². The van der Waals surface area contributed by atoms with E-state index in [1.54, 1.807) is 13.8 Å². The Morgan fingerprint density at radius 1 is 1.09 bits per heavy atom. The number of aldehydes is 1. The Hall–Kier alpha value is -1.39. The van der Waals surface area contributed by atoms with Crippen LogP contribution in [0.1, 0.15) is 107 Å². The van der Waals surface area contributed by atoms with Crippen molar-refractivity contribution in [1.29, 1.82) is 0 Å². The van der Waals surface area contributed by atoms with Gasteiger partial charge in [0.05, 0.1) is 24.4 Å². The molecule has 5 saturated carbocycles. The molecule has 6 fully saturated rings. The molecular formula is C36H56O9. The third-order valence-corrected chi connectivity index (χ3v) is 14.6. The summed E-state index contributed by atoms with van der Waals surface area (Å²) in [6.07, 6.45) is 5.62. The molecule has 0 aromatic rings. The van der Waals surface area contributed by atoms with E-state index >= 15 is 0 Å².